The number of nitrogens with zero attached hydrogens (tertiary/aromatic N) is 1. The van der Waals surface area contributed by atoms with Crippen LogP contribution in [0.2, 0.25) is 0 Å². The summed E-state index contributed by atoms with van der Waals surface area (Å²) in [6, 6.07) is 14.2. The maximum atomic E-state index is 12.7. The first-order chi connectivity index (χ1) is 13.5. The van der Waals surface area contributed by atoms with E-state index in [0.717, 1.165) is 28.8 Å². The molecular weight excluding hydrogens is 350 g/mol. The van der Waals surface area contributed by atoms with E-state index in [1.54, 1.807) is 0 Å². The molecule has 0 aliphatic carbocycles. The molecule has 2 amide bonds. The molecule has 5 heteroatoms. The zero-order chi connectivity index (χ0) is 19.7. The molecule has 3 aromatic rings. The summed E-state index contributed by atoms with van der Waals surface area (Å²) in [4.78, 5) is 30.2. The van der Waals surface area contributed by atoms with Crippen LogP contribution in [0.25, 0.3) is 10.9 Å². The van der Waals surface area contributed by atoms with E-state index in [4.69, 9.17) is 0 Å². The van der Waals surface area contributed by atoms with E-state index in [-0.39, 0.29) is 24.2 Å². The van der Waals surface area contributed by atoms with Crippen molar-refractivity contribution in [3.63, 3.8) is 0 Å². The van der Waals surface area contributed by atoms with Crippen molar-refractivity contribution >= 4 is 28.4 Å². The van der Waals surface area contributed by atoms with Gasteiger partial charge in [0.1, 0.15) is 0 Å². The van der Waals surface area contributed by atoms with Gasteiger partial charge in [0, 0.05) is 42.3 Å². The van der Waals surface area contributed by atoms with Crippen molar-refractivity contribution in [3.8, 4) is 0 Å². The maximum Gasteiger partial charge on any atom is 0.229 e. The minimum atomic E-state index is -0.296. The summed E-state index contributed by atoms with van der Waals surface area (Å²) < 4.78 is 0. The number of benzene rings is 2. The number of para-hydroxylation sites is 1. The van der Waals surface area contributed by atoms with Crippen LogP contribution in [-0.4, -0.2) is 34.8 Å². The first-order valence-corrected chi connectivity index (χ1v) is 9.72. The molecule has 0 saturated carbocycles. The van der Waals surface area contributed by atoms with Crippen LogP contribution in [0.5, 0.6) is 0 Å². The lowest BCUT2D eigenvalue weighted by Crippen LogP contribution is -2.30. The van der Waals surface area contributed by atoms with Crippen molar-refractivity contribution in [2.24, 2.45) is 5.92 Å². The maximum absolute atomic E-state index is 12.7. The van der Waals surface area contributed by atoms with Gasteiger partial charge in [-0.2, -0.15) is 0 Å². The number of aromatic amines is 1. The normalized spacial score (nSPS) is 16.7. The molecule has 2 N–H and O–H groups in total. The molecule has 0 bridgehead atoms. The third kappa shape index (κ3) is 3.65. The number of carbonyl (C=O) groups is 2. The third-order valence-electron chi connectivity index (χ3n) is 5.56. The molecule has 4 rings (SSSR count). The van der Waals surface area contributed by atoms with Crippen LogP contribution in [0.1, 0.15) is 23.1 Å². The van der Waals surface area contributed by atoms with Gasteiger partial charge in [0.15, 0.2) is 0 Å². The topological polar surface area (TPSA) is 65.2 Å². The summed E-state index contributed by atoms with van der Waals surface area (Å²) >= 11 is 0. The monoisotopic (exact) mass is 375 g/mol. The number of carbonyl (C=O) groups excluding carboxylic acids is 2. The van der Waals surface area contributed by atoms with Gasteiger partial charge in [-0.05, 0) is 49.1 Å². The number of aryl methyl sites for hydroxylation is 2. The molecule has 1 aliphatic heterocycles. The van der Waals surface area contributed by atoms with E-state index < -0.39 is 0 Å². The highest BCUT2D eigenvalue weighted by molar-refractivity contribution is 5.97. The van der Waals surface area contributed by atoms with E-state index in [2.05, 4.69) is 16.4 Å². The van der Waals surface area contributed by atoms with E-state index in [9.17, 15) is 9.59 Å². The second kappa shape index (κ2) is 7.50. The van der Waals surface area contributed by atoms with Crippen LogP contribution >= 0.6 is 0 Å². The first-order valence-electron chi connectivity index (χ1n) is 9.72. The third-order valence-corrected chi connectivity index (χ3v) is 5.56. The molecule has 0 radical (unpaired) electrons. The summed E-state index contributed by atoms with van der Waals surface area (Å²) in [6.45, 7) is 5.09. The quantitative estimate of drug-likeness (QED) is 0.712. The number of nitrogens with one attached hydrogen (secondary N) is 2. The Morgan fingerprint density at radius 3 is 2.89 bits per heavy atom. The fourth-order valence-corrected chi connectivity index (χ4v) is 3.86. The molecule has 0 spiro atoms. The second-order valence-corrected chi connectivity index (χ2v) is 7.66. The van der Waals surface area contributed by atoms with Crippen LogP contribution in [0.4, 0.5) is 5.69 Å². The molecule has 1 aliphatic rings. The minimum absolute atomic E-state index is 0.0564. The highest BCUT2D eigenvalue weighted by atomic mass is 16.2. The smallest absolute Gasteiger partial charge is 0.229 e. The Morgan fingerprint density at radius 1 is 1.21 bits per heavy atom. The van der Waals surface area contributed by atoms with Gasteiger partial charge in [0.05, 0.1) is 5.92 Å². The Morgan fingerprint density at radius 2 is 2.04 bits per heavy atom. The van der Waals surface area contributed by atoms with Gasteiger partial charge < -0.3 is 15.2 Å². The molecule has 5 nitrogen and oxygen atoms in total. The average molecular weight is 375 g/mol. The number of amides is 2. The molecule has 144 valence electrons. The Bertz CT molecular complexity index is 1040. The molecule has 1 atom stereocenters. The van der Waals surface area contributed by atoms with E-state index in [0.29, 0.717) is 13.1 Å². The number of rotatable bonds is 5. The average Bonchev–Trinajstić information content (AvgIpc) is 3.26. The Balaban J connectivity index is 1.38. The Kier molecular flexibility index (Phi) is 4.90. The van der Waals surface area contributed by atoms with Crippen molar-refractivity contribution in [2.75, 3.05) is 18.4 Å². The summed E-state index contributed by atoms with van der Waals surface area (Å²) in [6.07, 6.45) is 3.07. The number of hydrogen-bond acceptors (Lipinski definition) is 2. The van der Waals surface area contributed by atoms with Crippen LogP contribution in [0, 0.1) is 19.8 Å². The summed E-state index contributed by atoms with van der Waals surface area (Å²) in [5.41, 5.74) is 5.26. The predicted molar refractivity (Wildman–Crippen MR) is 111 cm³/mol. The van der Waals surface area contributed by atoms with Gasteiger partial charge in [-0.1, -0.05) is 30.3 Å². The summed E-state index contributed by atoms with van der Waals surface area (Å²) in [5.74, 6) is -0.312. The van der Waals surface area contributed by atoms with Crippen molar-refractivity contribution in [1.29, 1.82) is 0 Å². The highest BCUT2D eigenvalue weighted by Gasteiger charge is 2.34. The Hall–Kier alpha value is -3.08. The molecule has 28 heavy (non-hydrogen) atoms. The van der Waals surface area contributed by atoms with Crippen LogP contribution in [-0.2, 0) is 16.0 Å². The van der Waals surface area contributed by atoms with E-state index in [1.807, 2.05) is 61.3 Å². The minimum Gasteiger partial charge on any atom is -0.361 e. The molecule has 2 heterocycles. The predicted octanol–water partition coefficient (Wildman–Crippen LogP) is 3.81. The summed E-state index contributed by atoms with van der Waals surface area (Å²) in [7, 11) is 0. The standard InChI is InChI=1S/C23H25N3O2/c1-15-7-8-16(2)21(11-15)25-23(28)18-12-22(27)26(14-18)10-9-17-13-24-20-6-4-3-5-19(17)20/h3-8,11,13,18,24H,9-10,12,14H2,1-2H3,(H,25,28). The van der Waals surface area contributed by atoms with E-state index >= 15 is 0 Å². The SMILES string of the molecule is Cc1ccc(C)c(NC(=O)C2CC(=O)N(CCc3c[nH]c4ccccc34)C2)c1. The van der Waals surface area contributed by atoms with E-state index in [1.165, 1.54) is 10.9 Å². The molecule has 2 aromatic carbocycles. The molecule has 1 fully saturated rings. The zero-order valence-electron chi connectivity index (χ0n) is 16.3. The molecule has 1 unspecified atom stereocenters. The molecule has 1 saturated heterocycles. The fraction of sp³-hybridized carbons (Fsp3) is 0.304. The van der Waals surface area contributed by atoms with Gasteiger partial charge in [-0.15, -0.1) is 0 Å². The van der Waals surface area contributed by atoms with Crippen LogP contribution in [0.3, 0.4) is 0 Å². The number of fused-ring (bicyclic) bond motifs is 1. The van der Waals surface area contributed by atoms with Crippen molar-refractivity contribution in [2.45, 2.75) is 26.7 Å². The lowest BCUT2D eigenvalue weighted by atomic mass is 10.1. The first kappa shape index (κ1) is 18.3. The van der Waals surface area contributed by atoms with Gasteiger partial charge in [0.25, 0.3) is 0 Å². The van der Waals surface area contributed by atoms with Crippen LogP contribution in [0.15, 0.2) is 48.7 Å². The van der Waals surface area contributed by atoms with Gasteiger partial charge >= 0.3 is 0 Å². The second-order valence-electron chi connectivity index (χ2n) is 7.66. The van der Waals surface area contributed by atoms with Crippen molar-refractivity contribution < 1.29 is 9.59 Å². The number of aromatic nitrogens is 1. The van der Waals surface area contributed by atoms with Crippen LogP contribution < -0.4 is 5.32 Å². The Labute approximate surface area is 164 Å². The van der Waals surface area contributed by atoms with Gasteiger partial charge in [0.2, 0.25) is 11.8 Å². The fourth-order valence-electron chi connectivity index (χ4n) is 3.86. The largest absolute Gasteiger partial charge is 0.361 e. The zero-order valence-corrected chi connectivity index (χ0v) is 16.3. The highest BCUT2D eigenvalue weighted by Crippen LogP contribution is 2.24. The molecule has 1 aromatic heterocycles. The number of H-pyrrole nitrogens is 1. The lowest BCUT2D eigenvalue weighted by molar-refractivity contribution is -0.128. The molecular formula is C23H25N3O2. The lowest BCUT2D eigenvalue weighted by Gasteiger charge is -2.17. The summed E-state index contributed by atoms with van der Waals surface area (Å²) in [5, 5.41) is 4.20. The number of hydrogen-bond donors (Lipinski definition) is 2. The van der Waals surface area contributed by atoms with Gasteiger partial charge in [-0.3, -0.25) is 9.59 Å². The van der Waals surface area contributed by atoms with Crippen molar-refractivity contribution in [3.05, 3.63) is 65.4 Å². The van der Waals surface area contributed by atoms with Crippen molar-refractivity contribution in [1.82, 2.24) is 9.88 Å². The number of likely N-dealkylation sites (tertiary alicyclic amines) is 1. The number of anilines is 1. The van der Waals surface area contributed by atoms with Gasteiger partial charge in [-0.25, -0.2) is 0 Å².